The molecule has 0 unspecified atom stereocenters. The lowest BCUT2D eigenvalue weighted by molar-refractivity contribution is 0.0557. The molecule has 0 spiro atoms. The van der Waals surface area contributed by atoms with Crippen LogP contribution >= 0.6 is 0 Å². The Morgan fingerprint density at radius 2 is 1.95 bits per heavy atom. The molecule has 0 aliphatic heterocycles. The summed E-state index contributed by atoms with van der Waals surface area (Å²) in [5.41, 5.74) is 5.40. The second-order valence-corrected chi connectivity index (χ2v) is 4.49. The molecule has 19 heavy (non-hydrogen) atoms. The van der Waals surface area contributed by atoms with Crippen LogP contribution in [0, 0.1) is 12.3 Å². The van der Waals surface area contributed by atoms with Gasteiger partial charge in [0.1, 0.15) is 0 Å². The maximum absolute atomic E-state index is 11.8. The molecule has 0 radical (unpaired) electrons. The molecule has 0 atom stereocenters. The standard InChI is InChI=1S/C17H12O2/c1-2-9-19-17(18)14-8-7-13-10-12-5-3-4-6-15(12)16(13)11-14/h1,3-8,11H,9-10H2. The van der Waals surface area contributed by atoms with Crippen molar-refractivity contribution in [3.05, 3.63) is 59.2 Å². The third-order valence-electron chi connectivity index (χ3n) is 3.32. The number of hydrogen-bond donors (Lipinski definition) is 0. The van der Waals surface area contributed by atoms with Crippen LogP contribution in [0.5, 0.6) is 0 Å². The molecule has 3 rings (SSSR count). The van der Waals surface area contributed by atoms with Gasteiger partial charge >= 0.3 is 5.97 Å². The number of terminal acetylenes is 1. The minimum atomic E-state index is -0.370. The molecule has 0 aromatic heterocycles. The van der Waals surface area contributed by atoms with Gasteiger partial charge in [-0.15, -0.1) is 6.42 Å². The molecule has 2 aromatic rings. The first-order valence-corrected chi connectivity index (χ1v) is 6.11. The normalized spacial score (nSPS) is 11.3. The van der Waals surface area contributed by atoms with E-state index < -0.39 is 0 Å². The highest BCUT2D eigenvalue weighted by Gasteiger charge is 2.19. The van der Waals surface area contributed by atoms with Crippen LogP contribution in [0.2, 0.25) is 0 Å². The molecule has 2 nitrogen and oxygen atoms in total. The molecular formula is C17H12O2. The minimum absolute atomic E-state index is 0.00645. The van der Waals surface area contributed by atoms with Crippen molar-refractivity contribution in [2.45, 2.75) is 6.42 Å². The first-order chi connectivity index (χ1) is 9.29. The topological polar surface area (TPSA) is 26.3 Å². The second kappa shape index (κ2) is 4.62. The van der Waals surface area contributed by atoms with E-state index in [0.29, 0.717) is 5.56 Å². The van der Waals surface area contributed by atoms with Gasteiger partial charge in [-0.25, -0.2) is 4.79 Å². The summed E-state index contributed by atoms with van der Waals surface area (Å²) in [6.45, 7) is 0.00645. The smallest absolute Gasteiger partial charge is 0.339 e. The lowest BCUT2D eigenvalue weighted by atomic mass is 10.0. The van der Waals surface area contributed by atoms with Crippen LogP contribution in [0.3, 0.4) is 0 Å². The van der Waals surface area contributed by atoms with E-state index in [-0.39, 0.29) is 12.6 Å². The third kappa shape index (κ3) is 2.00. The number of rotatable bonds is 2. The van der Waals surface area contributed by atoms with E-state index in [9.17, 15) is 4.79 Å². The van der Waals surface area contributed by atoms with Gasteiger partial charge in [0.05, 0.1) is 5.56 Å². The first kappa shape index (κ1) is 11.6. The van der Waals surface area contributed by atoms with Crippen LogP contribution in [0.15, 0.2) is 42.5 Å². The second-order valence-electron chi connectivity index (χ2n) is 4.49. The molecule has 1 aliphatic carbocycles. The van der Waals surface area contributed by atoms with Crippen molar-refractivity contribution in [1.29, 1.82) is 0 Å². The summed E-state index contributed by atoms with van der Waals surface area (Å²) in [4.78, 5) is 11.8. The summed E-state index contributed by atoms with van der Waals surface area (Å²) < 4.78 is 4.95. The third-order valence-corrected chi connectivity index (χ3v) is 3.32. The number of ether oxygens (including phenoxy) is 1. The van der Waals surface area contributed by atoms with Crippen molar-refractivity contribution in [2.75, 3.05) is 6.61 Å². The van der Waals surface area contributed by atoms with Gasteiger partial charge in [-0.3, -0.25) is 0 Å². The summed E-state index contributed by atoms with van der Waals surface area (Å²) in [5.74, 6) is 1.92. The van der Waals surface area contributed by atoms with Gasteiger partial charge in [-0.1, -0.05) is 36.3 Å². The van der Waals surface area contributed by atoms with Crippen molar-refractivity contribution >= 4 is 5.97 Å². The molecular weight excluding hydrogens is 236 g/mol. The van der Waals surface area contributed by atoms with Crippen molar-refractivity contribution in [2.24, 2.45) is 0 Å². The highest BCUT2D eigenvalue weighted by atomic mass is 16.5. The Kier molecular flexibility index (Phi) is 2.81. The molecule has 0 bridgehead atoms. The monoisotopic (exact) mass is 248 g/mol. The minimum Gasteiger partial charge on any atom is -0.449 e. The Morgan fingerprint density at radius 3 is 2.79 bits per heavy atom. The van der Waals surface area contributed by atoms with Crippen molar-refractivity contribution in [3.8, 4) is 23.5 Å². The average Bonchev–Trinajstić information content (AvgIpc) is 2.82. The van der Waals surface area contributed by atoms with Gasteiger partial charge < -0.3 is 4.74 Å². The predicted octanol–water partition coefficient (Wildman–Crippen LogP) is 3.05. The van der Waals surface area contributed by atoms with Gasteiger partial charge in [0.2, 0.25) is 0 Å². The van der Waals surface area contributed by atoms with Crippen LogP contribution in [-0.2, 0) is 11.2 Å². The summed E-state index contributed by atoms with van der Waals surface area (Å²) in [7, 11) is 0. The van der Waals surface area contributed by atoms with Crippen LogP contribution in [0.1, 0.15) is 21.5 Å². The number of benzene rings is 2. The van der Waals surface area contributed by atoms with Gasteiger partial charge in [-0.05, 0) is 40.8 Å². The Hall–Kier alpha value is -2.53. The zero-order valence-corrected chi connectivity index (χ0v) is 10.3. The molecule has 2 aromatic carbocycles. The van der Waals surface area contributed by atoms with Crippen LogP contribution in [-0.4, -0.2) is 12.6 Å². The molecule has 0 amide bonds. The van der Waals surface area contributed by atoms with E-state index in [4.69, 9.17) is 11.2 Å². The Balaban J connectivity index is 1.98. The highest BCUT2D eigenvalue weighted by molar-refractivity contribution is 5.92. The fourth-order valence-electron chi connectivity index (χ4n) is 2.44. The van der Waals surface area contributed by atoms with Gasteiger partial charge in [0, 0.05) is 0 Å². The van der Waals surface area contributed by atoms with Crippen molar-refractivity contribution in [1.82, 2.24) is 0 Å². The van der Waals surface area contributed by atoms with Crippen molar-refractivity contribution in [3.63, 3.8) is 0 Å². The fourth-order valence-corrected chi connectivity index (χ4v) is 2.44. The predicted molar refractivity (Wildman–Crippen MR) is 73.8 cm³/mol. The van der Waals surface area contributed by atoms with E-state index in [0.717, 1.165) is 12.0 Å². The Bertz CT molecular complexity index is 693. The van der Waals surface area contributed by atoms with Gasteiger partial charge in [-0.2, -0.15) is 0 Å². The highest BCUT2D eigenvalue weighted by Crippen LogP contribution is 2.36. The molecule has 92 valence electrons. The quantitative estimate of drug-likeness (QED) is 0.514. The number of carbonyl (C=O) groups is 1. The fraction of sp³-hybridized carbons (Fsp3) is 0.118. The molecule has 0 saturated carbocycles. The maximum Gasteiger partial charge on any atom is 0.339 e. The largest absolute Gasteiger partial charge is 0.449 e. The molecule has 0 N–H and O–H groups in total. The summed E-state index contributed by atoms with van der Waals surface area (Å²) in [6.07, 6.45) is 6.00. The van der Waals surface area contributed by atoms with Crippen LogP contribution in [0.4, 0.5) is 0 Å². The zero-order chi connectivity index (χ0) is 13.2. The molecule has 0 heterocycles. The van der Waals surface area contributed by atoms with Gasteiger partial charge in [0.25, 0.3) is 0 Å². The number of esters is 1. The number of carbonyl (C=O) groups excluding carboxylic acids is 1. The lowest BCUT2D eigenvalue weighted by Gasteiger charge is -2.05. The molecule has 0 saturated heterocycles. The van der Waals surface area contributed by atoms with E-state index in [1.54, 1.807) is 6.07 Å². The number of hydrogen-bond acceptors (Lipinski definition) is 2. The average molecular weight is 248 g/mol. The maximum atomic E-state index is 11.8. The first-order valence-electron chi connectivity index (χ1n) is 6.11. The Morgan fingerprint density at radius 1 is 1.16 bits per heavy atom. The van der Waals surface area contributed by atoms with Gasteiger partial charge in [0.15, 0.2) is 6.61 Å². The summed E-state index contributed by atoms with van der Waals surface area (Å²) >= 11 is 0. The molecule has 0 fully saturated rings. The van der Waals surface area contributed by atoms with Crippen LogP contribution < -0.4 is 0 Å². The SMILES string of the molecule is C#CCOC(=O)c1ccc2c(c1)-c1ccccc1C2. The zero-order valence-electron chi connectivity index (χ0n) is 10.3. The summed E-state index contributed by atoms with van der Waals surface area (Å²) in [5, 5.41) is 0. The Labute approximate surface area is 112 Å². The van der Waals surface area contributed by atoms with E-state index in [2.05, 4.69) is 18.1 Å². The van der Waals surface area contributed by atoms with E-state index >= 15 is 0 Å². The van der Waals surface area contributed by atoms with E-state index in [1.165, 1.54) is 16.7 Å². The number of fused-ring (bicyclic) bond motifs is 3. The van der Waals surface area contributed by atoms with E-state index in [1.807, 2.05) is 24.3 Å². The van der Waals surface area contributed by atoms with Crippen LogP contribution in [0.25, 0.3) is 11.1 Å². The lowest BCUT2D eigenvalue weighted by Crippen LogP contribution is -2.05. The van der Waals surface area contributed by atoms with Crippen molar-refractivity contribution < 1.29 is 9.53 Å². The summed E-state index contributed by atoms with van der Waals surface area (Å²) in [6, 6.07) is 13.9. The molecule has 2 heteroatoms. The molecule has 1 aliphatic rings.